The molecular formula is C16H15FINO2. The number of ether oxygens (including phenoxy) is 2. The number of fused-ring (bicyclic) bond motifs is 1. The van der Waals surface area contributed by atoms with Crippen molar-refractivity contribution in [2.45, 2.75) is 6.04 Å². The largest absolute Gasteiger partial charge is 0.486 e. The van der Waals surface area contributed by atoms with Crippen molar-refractivity contribution in [3.63, 3.8) is 0 Å². The van der Waals surface area contributed by atoms with Crippen LogP contribution in [0, 0.1) is 9.39 Å². The molecule has 0 bridgehead atoms. The van der Waals surface area contributed by atoms with E-state index in [1.54, 1.807) is 0 Å². The van der Waals surface area contributed by atoms with E-state index < -0.39 is 0 Å². The Balaban J connectivity index is 1.99. The first-order chi connectivity index (χ1) is 10.2. The van der Waals surface area contributed by atoms with Crippen molar-refractivity contribution in [1.82, 2.24) is 5.32 Å². The van der Waals surface area contributed by atoms with Gasteiger partial charge in [-0.1, -0.05) is 12.1 Å². The van der Waals surface area contributed by atoms with Gasteiger partial charge < -0.3 is 14.8 Å². The number of halogens is 2. The Bertz CT molecular complexity index is 663. The summed E-state index contributed by atoms with van der Waals surface area (Å²) in [6.45, 7) is 1.15. The smallest absolute Gasteiger partial charge is 0.161 e. The van der Waals surface area contributed by atoms with Crippen LogP contribution in [-0.2, 0) is 0 Å². The molecular weight excluding hydrogens is 384 g/mol. The quantitative estimate of drug-likeness (QED) is 0.802. The monoisotopic (exact) mass is 399 g/mol. The van der Waals surface area contributed by atoms with Crippen molar-refractivity contribution in [3.8, 4) is 11.5 Å². The second-order valence-corrected chi connectivity index (χ2v) is 5.95. The van der Waals surface area contributed by atoms with Crippen LogP contribution in [-0.4, -0.2) is 20.3 Å². The van der Waals surface area contributed by atoms with Crippen LogP contribution < -0.4 is 14.8 Å². The first-order valence-electron chi connectivity index (χ1n) is 6.71. The van der Waals surface area contributed by atoms with Crippen molar-refractivity contribution >= 4 is 22.6 Å². The Morgan fingerprint density at radius 3 is 2.57 bits per heavy atom. The third-order valence-electron chi connectivity index (χ3n) is 3.46. The van der Waals surface area contributed by atoms with Gasteiger partial charge in [0.25, 0.3) is 0 Å². The average Bonchev–Trinajstić information content (AvgIpc) is 2.50. The zero-order valence-electron chi connectivity index (χ0n) is 11.5. The molecule has 1 atom stereocenters. The Morgan fingerprint density at radius 2 is 1.86 bits per heavy atom. The zero-order chi connectivity index (χ0) is 14.8. The molecule has 0 amide bonds. The summed E-state index contributed by atoms with van der Waals surface area (Å²) in [5, 5.41) is 3.28. The van der Waals surface area contributed by atoms with Crippen LogP contribution in [0.15, 0.2) is 36.4 Å². The molecule has 21 heavy (non-hydrogen) atoms. The lowest BCUT2D eigenvalue weighted by Crippen LogP contribution is -2.20. The molecule has 1 unspecified atom stereocenters. The molecule has 1 heterocycles. The van der Waals surface area contributed by atoms with Gasteiger partial charge >= 0.3 is 0 Å². The molecule has 0 fully saturated rings. The topological polar surface area (TPSA) is 30.5 Å². The van der Waals surface area contributed by atoms with Crippen LogP contribution in [0.1, 0.15) is 17.2 Å². The summed E-state index contributed by atoms with van der Waals surface area (Å²) < 4.78 is 25.3. The zero-order valence-corrected chi connectivity index (χ0v) is 13.7. The Hall–Kier alpha value is -1.34. The van der Waals surface area contributed by atoms with Gasteiger partial charge in [-0.15, -0.1) is 0 Å². The van der Waals surface area contributed by atoms with Gasteiger partial charge in [0, 0.05) is 3.57 Å². The van der Waals surface area contributed by atoms with Crippen LogP contribution in [0.4, 0.5) is 4.39 Å². The lowest BCUT2D eigenvalue weighted by Gasteiger charge is -2.23. The van der Waals surface area contributed by atoms with Gasteiger partial charge in [-0.2, -0.15) is 0 Å². The van der Waals surface area contributed by atoms with Crippen molar-refractivity contribution in [1.29, 1.82) is 0 Å². The maximum atomic E-state index is 13.3. The Kier molecular flexibility index (Phi) is 4.30. The van der Waals surface area contributed by atoms with Crippen LogP contribution >= 0.6 is 22.6 Å². The molecule has 0 saturated heterocycles. The third kappa shape index (κ3) is 2.98. The van der Waals surface area contributed by atoms with E-state index in [0.717, 1.165) is 26.2 Å². The molecule has 0 aromatic heterocycles. The van der Waals surface area contributed by atoms with Crippen LogP contribution in [0.5, 0.6) is 11.5 Å². The van der Waals surface area contributed by atoms with Gasteiger partial charge in [-0.05, 0) is 65.0 Å². The minimum absolute atomic E-state index is 0.0201. The lowest BCUT2D eigenvalue weighted by molar-refractivity contribution is 0.171. The minimum atomic E-state index is -0.222. The van der Waals surface area contributed by atoms with Gasteiger partial charge in [0.15, 0.2) is 11.5 Å². The molecule has 3 rings (SSSR count). The summed E-state index contributed by atoms with van der Waals surface area (Å²) in [4.78, 5) is 0. The van der Waals surface area contributed by atoms with E-state index in [1.165, 1.54) is 12.1 Å². The molecule has 0 aliphatic carbocycles. The van der Waals surface area contributed by atoms with E-state index in [-0.39, 0.29) is 11.9 Å². The fourth-order valence-electron chi connectivity index (χ4n) is 2.48. The van der Waals surface area contributed by atoms with Gasteiger partial charge in [-0.25, -0.2) is 4.39 Å². The normalized spacial score (nSPS) is 14.8. The molecule has 0 radical (unpaired) electrons. The maximum Gasteiger partial charge on any atom is 0.161 e. The Morgan fingerprint density at radius 1 is 1.10 bits per heavy atom. The molecule has 1 aliphatic rings. The summed E-state index contributed by atoms with van der Waals surface area (Å²) in [6.07, 6.45) is 0. The summed E-state index contributed by atoms with van der Waals surface area (Å²) in [5.74, 6) is 1.31. The molecule has 5 heteroatoms. The summed E-state index contributed by atoms with van der Waals surface area (Å²) in [6, 6.07) is 10.7. The van der Waals surface area contributed by atoms with Crippen LogP contribution in [0.2, 0.25) is 0 Å². The number of nitrogens with one attached hydrogen (secondary N) is 1. The van der Waals surface area contributed by atoms with Crippen molar-refractivity contribution in [3.05, 3.63) is 56.9 Å². The molecule has 2 aromatic carbocycles. The van der Waals surface area contributed by atoms with E-state index in [9.17, 15) is 4.39 Å². The first kappa shape index (κ1) is 14.6. The van der Waals surface area contributed by atoms with Crippen LogP contribution in [0.3, 0.4) is 0 Å². The van der Waals surface area contributed by atoms with Crippen molar-refractivity contribution in [2.24, 2.45) is 0 Å². The van der Waals surface area contributed by atoms with E-state index in [1.807, 2.05) is 31.3 Å². The minimum Gasteiger partial charge on any atom is -0.486 e. The van der Waals surface area contributed by atoms with Gasteiger partial charge in [0.05, 0.1) is 6.04 Å². The van der Waals surface area contributed by atoms with E-state index in [0.29, 0.717) is 13.2 Å². The Labute approximate surface area is 136 Å². The second kappa shape index (κ2) is 6.19. The molecule has 0 saturated carbocycles. The summed E-state index contributed by atoms with van der Waals surface area (Å²) >= 11 is 2.16. The SMILES string of the molecule is CNC(c1ccc2c(c1)OCCO2)c1ccc(F)cc1I. The number of hydrogen-bond acceptors (Lipinski definition) is 3. The molecule has 110 valence electrons. The molecule has 0 spiro atoms. The average molecular weight is 399 g/mol. The predicted octanol–water partition coefficient (Wildman–Crippen LogP) is 3.51. The first-order valence-corrected chi connectivity index (χ1v) is 7.78. The van der Waals surface area contributed by atoms with Gasteiger partial charge in [0.2, 0.25) is 0 Å². The van der Waals surface area contributed by atoms with Crippen molar-refractivity contribution in [2.75, 3.05) is 20.3 Å². The fourth-order valence-corrected chi connectivity index (χ4v) is 3.27. The van der Waals surface area contributed by atoms with Gasteiger partial charge in [-0.3, -0.25) is 0 Å². The standard InChI is InChI=1S/C16H15FINO2/c1-19-16(12-4-3-11(17)9-13(12)18)10-2-5-14-15(8-10)21-7-6-20-14/h2-5,8-9,16,19H,6-7H2,1H3. The second-order valence-electron chi connectivity index (χ2n) is 4.79. The number of hydrogen-bond donors (Lipinski definition) is 1. The van der Waals surface area contributed by atoms with Gasteiger partial charge in [0.1, 0.15) is 19.0 Å². The maximum absolute atomic E-state index is 13.3. The van der Waals surface area contributed by atoms with Crippen molar-refractivity contribution < 1.29 is 13.9 Å². The highest BCUT2D eigenvalue weighted by molar-refractivity contribution is 14.1. The highest BCUT2D eigenvalue weighted by Gasteiger charge is 2.19. The van der Waals surface area contributed by atoms with E-state index in [2.05, 4.69) is 27.9 Å². The highest BCUT2D eigenvalue weighted by Crippen LogP contribution is 2.35. The molecule has 1 aliphatic heterocycles. The highest BCUT2D eigenvalue weighted by atomic mass is 127. The fraction of sp³-hybridized carbons (Fsp3) is 0.250. The predicted molar refractivity (Wildman–Crippen MR) is 87.5 cm³/mol. The molecule has 1 N–H and O–H groups in total. The van der Waals surface area contributed by atoms with E-state index >= 15 is 0 Å². The summed E-state index contributed by atoms with van der Waals surface area (Å²) in [7, 11) is 1.89. The molecule has 2 aromatic rings. The summed E-state index contributed by atoms with van der Waals surface area (Å²) in [5.41, 5.74) is 2.10. The lowest BCUT2D eigenvalue weighted by atomic mass is 9.98. The van der Waals surface area contributed by atoms with E-state index in [4.69, 9.17) is 9.47 Å². The molecule has 3 nitrogen and oxygen atoms in total. The third-order valence-corrected chi connectivity index (χ3v) is 4.40. The number of rotatable bonds is 3. The van der Waals surface area contributed by atoms with Crippen LogP contribution in [0.25, 0.3) is 0 Å². The number of benzene rings is 2.